The van der Waals surface area contributed by atoms with E-state index in [0.717, 1.165) is 25.2 Å². The third-order valence-electron chi connectivity index (χ3n) is 3.43. The number of sulfone groups is 1. The Hall–Kier alpha value is -0.550. The van der Waals surface area contributed by atoms with E-state index in [4.69, 9.17) is 0 Å². The molecule has 2 rings (SSSR count). The number of benzene rings is 1. The first-order valence-corrected chi connectivity index (χ1v) is 8.88. The van der Waals surface area contributed by atoms with E-state index in [2.05, 4.69) is 27.8 Å². The van der Waals surface area contributed by atoms with Crippen molar-refractivity contribution in [3.05, 3.63) is 24.3 Å². The molecule has 2 atom stereocenters. The van der Waals surface area contributed by atoms with Crippen molar-refractivity contribution >= 4 is 31.5 Å². The molecule has 0 amide bonds. The van der Waals surface area contributed by atoms with Gasteiger partial charge in [-0.1, -0.05) is 22.9 Å². The smallest absolute Gasteiger partial charge is 0.175 e. The van der Waals surface area contributed by atoms with E-state index in [9.17, 15) is 8.42 Å². The molecule has 1 heterocycles. The van der Waals surface area contributed by atoms with Crippen LogP contribution in [0.1, 0.15) is 13.3 Å². The number of anilines is 1. The minimum atomic E-state index is -3.10. The number of hydrogen-bond acceptors (Lipinski definition) is 3. The second-order valence-electron chi connectivity index (χ2n) is 4.99. The van der Waals surface area contributed by atoms with Crippen molar-refractivity contribution in [1.82, 2.24) is 0 Å². The van der Waals surface area contributed by atoms with Gasteiger partial charge in [-0.15, -0.1) is 0 Å². The second-order valence-corrected chi connectivity index (χ2v) is 8.19. The number of piperidine rings is 1. The van der Waals surface area contributed by atoms with Gasteiger partial charge in [0.2, 0.25) is 0 Å². The largest absolute Gasteiger partial charge is 0.371 e. The summed E-state index contributed by atoms with van der Waals surface area (Å²) < 4.78 is 22.8. The molecule has 0 radical (unpaired) electrons. The molecule has 1 aromatic carbocycles. The molecule has 1 fully saturated rings. The van der Waals surface area contributed by atoms with E-state index in [-0.39, 0.29) is 0 Å². The van der Waals surface area contributed by atoms with Gasteiger partial charge in [0.15, 0.2) is 9.84 Å². The Morgan fingerprint density at radius 3 is 2.39 bits per heavy atom. The summed E-state index contributed by atoms with van der Waals surface area (Å²) in [5.41, 5.74) is 1.11. The standard InChI is InChI=1S/C13H18BrNO2S/c1-10-9-15(8-7-13(10)14)11-3-5-12(6-4-11)18(2,16)17/h3-6,10,13H,7-9H2,1-2H3. The van der Waals surface area contributed by atoms with Crippen molar-refractivity contribution < 1.29 is 8.42 Å². The lowest BCUT2D eigenvalue weighted by Gasteiger charge is -2.36. The van der Waals surface area contributed by atoms with Crippen LogP contribution in [0.25, 0.3) is 0 Å². The molecule has 0 aliphatic carbocycles. The summed E-state index contributed by atoms with van der Waals surface area (Å²) in [6.07, 6.45) is 2.36. The predicted molar refractivity (Wildman–Crippen MR) is 78.3 cm³/mol. The Kier molecular flexibility index (Phi) is 4.02. The Labute approximate surface area is 117 Å². The molecule has 18 heavy (non-hydrogen) atoms. The molecule has 0 N–H and O–H groups in total. The lowest BCUT2D eigenvalue weighted by Crippen LogP contribution is -2.39. The maximum Gasteiger partial charge on any atom is 0.175 e. The fraction of sp³-hybridized carbons (Fsp3) is 0.538. The first-order valence-electron chi connectivity index (χ1n) is 6.07. The first-order chi connectivity index (χ1) is 8.38. The maximum atomic E-state index is 11.4. The third kappa shape index (κ3) is 3.06. The topological polar surface area (TPSA) is 37.4 Å². The summed E-state index contributed by atoms with van der Waals surface area (Å²) in [6, 6.07) is 7.18. The van der Waals surface area contributed by atoms with Gasteiger partial charge in [-0.3, -0.25) is 0 Å². The van der Waals surface area contributed by atoms with Crippen LogP contribution in [0, 0.1) is 5.92 Å². The monoisotopic (exact) mass is 331 g/mol. The van der Waals surface area contributed by atoms with Crippen LogP contribution in [0.2, 0.25) is 0 Å². The van der Waals surface area contributed by atoms with Crippen molar-refractivity contribution in [2.24, 2.45) is 5.92 Å². The van der Waals surface area contributed by atoms with Crippen LogP contribution < -0.4 is 4.90 Å². The summed E-state index contributed by atoms with van der Waals surface area (Å²) in [5.74, 6) is 0.605. The molecule has 1 aromatic rings. The molecule has 0 bridgehead atoms. The Morgan fingerprint density at radius 1 is 1.28 bits per heavy atom. The zero-order valence-corrected chi connectivity index (χ0v) is 13.0. The molecule has 0 spiro atoms. The van der Waals surface area contributed by atoms with E-state index in [1.54, 1.807) is 12.1 Å². The van der Waals surface area contributed by atoms with Crippen molar-refractivity contribution in [2.45, 2.75) is 23.1 Å². The average Bonchev–Trinajstić information content (AvgIpc) is 2.32. The van der Waals surface area contributed by atoms with Crippen LogP contribution in [0.5, 0.6) is 0 Å². The molecule has 1 saturated heterocycles. The highest BCUT2D eigenvalue weighted by Crippen LogP contribution is 2.27. The van der Waals surface area contributed by atoms with Gasteiger partial charge < -0.3 is 4.90 Å². The number of rotatable bonds is 2. The Morgan fingerprint density at radius 2 is 1.89 bits per heavy atom. The van der Waals surface area contributed by atoms with Crippen molar-refractivity contribution in [3.63, 3.8) is 0 Å². The van der Waals surface area contributed by atoms with Crippen molar-refractivity contribution in [2.75, 3.05) is 24.2 Å². The normalized spacial score (nSPS) is 25.2. The van der Waals surface area contributed by atoms with Crippen LogP contribution in [0.3, 0.4) is 0 Å². The van der Waals surface area contributed by atoms with Crippen molar-refractivity contribution in [3.8, 4) is 0 Å². The lowest BCUT2D eigenvalue weighted by atomic mass is 9.99. The van der Waals surface area contributed by atoms with Gasteiger partial charge >= 0.3 is 0 Å². The third-order valence-corrected chi connectivity index (χ3v) is 5.92. The molecule has 5 heteroatoms. The zero-order valence-electron chi connectivity index (χ0n) is 10.6. The van der Waals surface area contributed by atoms with Gasteiger partial charge in [0, 0.05) is 29.9 Å². The van der Waals surface area contributed by atoms with Gasteiger partial charge in [-0.05, 0) is 36.6 Å². The second kappa shape index (κ2) is 5.21. The van der Waals surface area contributed by atoms with E-state index in [1.807, 2.05) is 12.1 Å². The highest BCUT2D eigenvalue weighted by molar-refractivity contribution is 9.09. The van der Waals surface area contributed by atoms with Gasteiger partial charge in [0.25, 0.3) is 0 Å². The molecular formula is C13H18BrNO2S. The van der Waals surface area contributed by atoms with Crippen LogP contribution in [0.4, 0.5) is 5.69 Å². The quantitative estimate of drug-likeness (QED) is 0.782. The van der Waals surface area contributed by atoms with E-state index in [1.165, 1.54) is 6.26 Å². The lowest BCUT2D eigenvalue weighted by molar-refractivity contribution is 0.466. The molecular weight excluding hydrogens is 314 g/mol. The van der Waals surface area contributed by atoms with Crippen LogP contribution in [-0.4, -0.2) is 32.6 Å². The van der Waals surface area contributed by atoms with Crippen LogP contribution in [-0.2, 0) is 9.84 Å². The van der Waals surface area contributed by atoms with E-state index < -0.39 is 9.84 Å². The highest BCUT2D eigenvalue weighted by Gasteiger charge is 2.24. The summed E-state index contributed by atoms with van der Waals surface area (Å²) >= 11 is 3.69. The fourth-order valence-electron chi connectivity index (χ4n) is 2.26. The summed E-state index contributed by atoms with van der Waals surface area (Å²) in [4.78, 5) is 3.29. The Bertz CT molecular complexity index is 512. The van der Waals surface area contributed by atoms with Gasteiger partial charge in [-0.2, -0.15) is 0 Å². The van der Waals surface area contributed by atoms with Crippen LogP contribution >= 0.6 is 15.9 Å². The summed E-state index contributed by atoms with van der Waals surface area (Å²) in [5, 5.41) is 0. The molecule has 0 aromatic heterocycles. The van der Waals surface area contributed by atoms with Crippen molar-refractivity contribution in [1.29, 1.82) is 0 Å². The van der Waals surface area contributed by atoms with Crippen LogP contribution in [0.15, 0.2) is 29.2 Å². The summed E-state index contributed by atoms with van der Waals surface area (Å²) in [6.45, 7) is 4.25. The fourth-order valence-corrected chi connectivity index (χ4v) is 3.26. The van der Waals surface area contributed by atoms with E-state index in [0.29, 0.717) is 15.6 Å². The number of alkyl halides is 1. The number of nitrogens with zero attached hydrogens (tertiary/aromatic N) is 1. The molecule has 3 nitrogen and oxygen atoms in total. The minimum absolute atomic E-state index is 0.384. The number of halogens is 1. The molecule has 1 aliphatic heterocycles. The average molecular weight is 332 g/mol. The Balaban J connectivity index is 2.16. The van der Waals surface area contributed by atoms with Gasteiger partial charge in [0.05, 0.1) is 4.90 Å². The molecule has 1 aliphatic rings. The molecule has 2 unspecified atom stereocenters. The zero-order chi connectivity index (χ0) is 13.3. The summed E-state index contributed by atoms with van der Waals surface area (Å²) in [7, 11) is -3.10. The number of hydrogen-bond donors (Lipinski definition) is 0. The van der Waals surface area contributed by atoms with Gasteiger partial charge in [-0.25, -0.2) is 8.42 Å². The van der Waals surface area contributed by atoms with E-state index >= 15 is 0 Å². The first kappa shape index (κ1) is 13.9. The highest BCUT2D eigenvalue weighted by atomic mass is 79.9. The molecule has 100 valence electrons. The minimum Gasteiger partial charge on any atom is -0.371 e. The predicted octanol–water partition coefficient (Wildman–Crippen LogP) is 2.70. The SMILES string of the molecule is CC1CN(c2ccc(S(C)(=O)=O)cc2)CCC1Br. The maximum absolute atomic E-state index is 11.4. The molecule has 0 saturated carbocycles. The van der Waals surface area contributed by atoms with Gasteiger partial charge in [0.1, 0.15) is 0 Å².